The van der Waals surface area contributed by atoms with Crippen LogP contribution in [0.1, 0.15) is 11.3 Å². The maximum atomic E-state index is 9.62. The number of nitrogens with one attached hydrogen (secondary N) is 1. The van der Waals surface area contributed by atoms with Gasteiger partial charge in [-0.3, -0.25) is 0 Å². The van der Waals surface area contributed by atoms with Crippen LogP contribution in [0.4, 0.5) is 0 Å². The molecule has 1 atom stereocenters. The normalized spacial score (nSPS) is 17.0. The van der Waals surface area contributed by atoms with E-state index in [1.165, 1.54) is 17.2 Å². The lowest BCUT2D eigenvalue weighted by Gasteiger charge is -2.15. The Morgan fingerprint density at radius 1 is 1.43 bits per heavy atom. The number of hydrogen-bond acceptors (Lipinski definition) is 6. The van der Waals surface area contributed by atoms with E-state index >= 15 is 0 Å². The molecule has 21 heavy (non-hydrogen) atoms. The number of rotatable bonds is 2. The summed E-state index contributed by atoms with van der Waals surface area (Å²) >= 11 is 6.04. The van der Waals surface area contributed by atoms with Gasteiger partial charge in [0.1, 0.15) is 12.3 Å². The number of benzene rings is 1. The van der Waals surface area contributed by atoms with Crippen molar-refractivity contribution in [3.8, 4) is 11.8 Å². The Labute approximate surface area is 124 Å². The number of nitrogens with zero attached hydrogens (tertiary/aromatic N) is 5. The standard InChI is InChI=1S/C13H9ClN6O/c14-8-1-2-12(20-6-9(5-15)18-19-20)10(3-8)11-4-13(21)17-7-16-11/h1-4,6-7,13,21H,(H,16,17). The Morgan fingerprint density at radius 3 is 3.00 bits per heavy atom. The highest BCUT2D eigenvalue weighted by atomic mass is 35.5. The summed E-state index contributed by atoms with van der Waals surface area (Å²) in [4.78, 5) is 4.18. The second-order valence-corrected chi connectivity index (χ2v) is 4.68. The van der Waals surface area contributed by atoms with Gasteiger partial charge in [0.15, 0.2) is 5.69 Å². The first-order chi connectivity index (χ1) is 10.2. The van der Waals surface area contributed by atoms with Crippen molar-refractivity contribution in [2.45, 2.75) is 6.23 Å². The van der Waals surface area contributed by atoms with Crippen molar-refractivity contribution >= 4 is 23.6 Å². The molecule has 0 saturated heterocycles. The van der Waals surface area contributed by atoms with Crippen molar-refractivity contribution in [3.05, 3.63) is 46.8 Å². The van der Waals surface area contributed by atoms with E-state index in [1.807, 2.05) is 6.07 Å². The van der Waals surface area contributed by atoms with Crippen molar-refractivity contribution < 1.29 is 5.11 Å². The number of halogens is 1. The van der Waals surface area contributed by atoms with Gasteiger partial charge in [-0.05, 0) is 24.3 Å². The topological polar surface area (TPSA) is 99.1 Å². The smallest absolute Gasteiger partial charge is 0.183 e. The van der Waals surface area contributed by atoms with Crippen LogP contribution < -0.4 is 5.32 Å². The number of aromatic nitrogens is 3. The third kappa shape index (κ3) is 2.63. The Hall–Kier alpha value is -2.69. The fraction of sp³-hybridized carbons (Fsp3) is 0.0769. The van der Waals surface area contributed by atoms with Crippen molar-refractivity contribution in [2.75, 3.05) is 0 Å². The fourth-order valence-corrected chi connectivity index (χ4v) is 2.10. The zero-order valence-electron chi connectivity index (χ0n) is 10.6. The number of aliphatic hydroxyl groups excluding tert-OH is 1. The lowest BCUT2D eigenvalue weighted by Crippen LogP contribution is -2.27. The zero-order chi connectivity index (χ0) is 14.8. The number of nitriles is 1. The molecule has 7 nitrogen and oxygen atoms in total. The molecule has 1 aliphatic rings. The number of aliphatic hydroxyl groups is 1. The molecule has 0 fully saturated rings. The minimum Gasteiger partial charge on any atom is -0.370 e. The lowest BCUT2D eigenvalue weighted by molar-refractivity contribution is 0.210. The fourth-order valence-electron chi connectivity index (χ4n) is 1.93. The van der Waals surface area contributed by atoms with Gasteiger partial charge in [-0.25, -0.2) is 9.67 Å². The summed E-state index contributed by atoms with van der Waals surface area (Å²) in [6, 6.07) is 7.09. The van der Waals surface area contributed by atoms with Crippen molar-refractivity contribution in [2.24, 2.45) is 4.99 Å². The first kappa shape index (κ1) is 13.3. The molecule has 104 valence electrons. The Morgan fingerprint density at radius 2 is 2.29 bits per heavy atom. The van der Waals surface area contributed by atoms with Crippen LogP contribution in [0.25, 0.3) is 11.4 Å². The molecule has 2 heterocycles. The second-order valence-electron chi connectivity index (χ2n) is 4.24. The van der Waals surface area contributed by atoms with Crippen LogP contribution in [-0.2, 0) is 0 Å². The van der Waals surface area contributed by atoms with Crippen LogP contribution in [0.15, 0.2) is 35.5 Å². The zero-order valence-corrected chi connectivity index (χ0v) is 11.4. The second kappa shape index (κ2) is 5.36. The highest BCUT2D eigenvalue weighted by molar-refractivity contribution is 6.30. The van der Waals surface area contributed by atoms with E-state index in [9.17, 15) is 5.11 Å². The molecule has 3 rings (SSSR count). The molecule has 0 spiro atoms. The minimum absolute atomic E-state index is 0.207. The van der Waals surface area contributed by atoms with Gasteiger partial charge in [-0.2, -0.15) is 5.26 Å². The summed E-state index contributed by atoms with van der Waals surface area (Å²) in [6.45, 7) is 0. The monoisotopic (exact) mass is 300 g/mol. The first-order valence-corrected chi connectivity index (χ1v) is 6.36. The maximum absolute atomic E-state index is 9.62. The summed E-state index contributed by atoms with van der Waals surface area (Å²) in [6.07, 6.45) is 3.65. The van der Waals surface area contributed by atoms with Gasteiger partial charge in [0, 0.05) is 10.6 Å². The molecular formula is C13H9ClN6O. The van der Waals surface area contributed by atoms with Crippen LogP contribution in [-0.4, -0.2) is 32.7 Å². The van der Waals surface area contributed by atoms with E-state index < -0.39 is 6.23 Å². The van der Waals surface area contributed by atoms with Crippen molar-refractivity contribution in [1.82, 2.24) is 20.3 Å². The van der Waals surface area contributed by atoms with Crippen LogP contribution in [0.5, 0.6) is 0 Å². The predicted molar refractivity (Wildman–Crippen MR) is 76.7 cm³/mol. The highest BCUT2D eigenvalue weighted by Crippen LogP contribution is 2.27. The molecule has 0 saturated carbocycles. The molecule has 8 heteroatoms. The molecule has 0 radical (unpaired) electrons. The lowest BCUT2D eigenvalue weighted by atomic mass is 10.1. The van der Waals surface area contributed by atoms with E-state index in [1.54, 1.807) is 24.3 Å². The summed E-state index contributed by atoms with van der Waals surface area (Å²) in [5.74, 6) is 0. The molecule has 1 unspecified atom stereocenters. The van der Waals surface area contributed by atoms with Crippen LogP contribution >= 0.6 is 11.6 Å². The molecule has 0 aliphatic carbocycles. The summed E-state index contributed by atoms with van der Waals surface area (Å²) in [7, 11) is 0. The van der Waals surface area contributed by atoms with Gasteiger partial charge in [-0.15, -0.1) is 5.10 Å². The van der Waals surface area contributed by atoms with Crippen LogP contribution in [0, 0.1) is 11.3 Å². The summed E-state index contributed by atoms with van der Waals surface area (Å²) in [5.41, 5.74) is 2.09. The van der Waals surface area contributed by atoms with E-state index in [2.05, 4.69) is 20.6 Å². The highest BCUT2D eigenvalue weighted by Gasteiger charge is 2.15. The predicted octanol–water partition coefficient (Wildman–Crippen LogP) is 1.08. The largest absolute Gasteiger partial charge is 0.370 e. The summed E-state index contributed by atoms with van der Waals surface area (Å²) < 4.78 is 1.47. The average molecular weight is 301 g/mol. The van der Waals surface area contributed by atoms with Gasteiger partial charge >= 0.3 is 0 Å². The van der Waals surface area contributed by atoms with E-state index in [0.717, 1.165) is 0 Å². The maximum Gasteiger partial charge on any atom is 0.183 e. The Kier molecular flexibility index (Phi) is 3.39. The number of hydrogen-bond donors (Lipinski definition) is 2. The van der Waals surface area contributed by atoms with Crippen molar-refractivity contribution in [1.29, 1.82) is 5.26 Å². The van der Waals surface area contributed by atoms with Crippen LogP contribution in [0.2, 0.25) is 5.02 Å². The molecular weight excluding hydrogens is 292 g/mol. The van der Waals surface area contributed by atoms with E-state index in [-0.39, 0.29) is 5.69 Å². The van der Waals surface area contributed by atoms with Gasteiger partial charge in [-0.1, -0.05) is 16.8 Å². The molecule has 2 N–H and O–H groups in total. The molecule has 0 amide bonds. The summed E-state index contributed by atoms with van der Waals surface area (Å²) in [5, 5.41) is 29.3. The average Bonchev–Trinajstić information content (AvgIpc) is 2.96. The quantitative estimate of drug-likeness (QED) is 0.864. The van der Waals surface area contributed by atoms with Gasteiger partial charge in [0.25, 0.3) is 0 Å². The van der Waals surface area contributed by atoms with Crippen LogP contribution in [0.3, 0.4) is 0 Å². The Balaban J connectivity index is 2.14. The third-order valence-corrected chi connectivity index (χ3v) is 3.09. The van der Waals surface area contributed by atoms with Crippen molar-refractivity contribution in [3.63, 3.8) is 0 Å². The SMILES string of the molecule is N#Cc1cn(-c2ccc(Cl)cc2C2=CC(O)NC=N2)nn1. The third-order valence-electron chi connectivity index (χ3n) is 2.85. The van der Waals surface area contributed by atoms with Gasteiger partial charge in [0.05, 0.1) is 23.9 Å². The molecule has 0 bridgehead atoms. The molecule has 1 aromatic heterocycles. The molecule has 2 aromatic rings. The van der Waals surface area contributed by atoms with Gasteiger partial charge < -0.3 is 10.4 Å². The Bertz CT molecular complexity index is 788. The minimum atomic E-state index is -0.824. The van der Waals surface area contributed by atoms with E-state index in [4.69, 9.17) is 16.9 Å². The van der Waals surface area contributed by atoms with Gasteiger partial charge in [0.2, 0.25) is 0 Å². The number of aliphatic imine (C=N–C) groups is 1. The molecule has 1 aromatic carbocycles. The van der Waals surface area contributed by atoms with E-state index in [0.29, 0.717) is 22.0 Å². The first-order valence-electron chi connectivity index (χ1n) is 5.98. The molecule has 1 aliphatic heterocycles.